The SMILES string of the molecule is C=C/C(=C(\C=C/C)C1CCC1)c1c(C)ccc2c1oc1ccc(-c3ccc4oc5c(ccc6oc7ccccc7c65)c4c3)cc12.C=C/C=C\C. The number of para-hydroxylation sites is 1. The standard InChI is InChI=1S/C42H32O3.C5H8/c1-4-9-29(25-10-8-11-25)28(5-2)39-24(3)14-17-30-33-22-26(15-19-36(33)44-41(30)39)27-16-20-37-34(23-27)31-18-21-38-40(42(31)45-37)32-12-6-7-13-35(32)43-38;1-3-5-4-2/h4-7,9,12-23,25H,2,8,10-11H2,1,3H3;3-5H,1H2,2H3/b9-4-,29-28-;5-4-. The number of aryl methyl sites for hydroxylation is 1. The molecule has 1 fully saturated rings. The lowest BCUT2D eigenvalue weighted by Crippen LogP contribution is -2.14. The molecule has 50 heavy (non-hydrogen) atoms. The van der Waals surface area contributed by atoms with E-state index in [1.807, 2.05) is 43.4 Å². The molecule has 9 rings (SSSR count). The average Bonchev–Trinajstić information content (AvgIpc) is 3.79. The van der Waals surface area contributed by atoms with E-state index >= 15 is 0 Å². The van der Waals surface area contributed by atoms with E-state index in [0.29, 0.717) is 5.92 Å². The highest BCUT2D eigenvalue weighted by Gasteiger charge is 2.25. The monoisotopic (exact) mass is 652 g/mol. The summed E-state index contributed by atoms with van der Waals surface area (Å²) >= 11 is 0. The topological polar surface area (TPSA) is 39.4 Å². The Labute approximate surface area is 292 Å². The lowest BCUT2D eigenvalue weighted by atomic mass is 9.76. The molecular formula is C47H40O3. The normalized spacial score (nSPS) is 14.3. The average molecular weight is 653 g/mol. The molecule has 246 valence electrons. The first-order valence-corrected chi connectivity index (χ1v) is 17.5. The van der Waals surface area contributed by atoms with Crippen molar-refractivity contribution in [1.82, 2.24) is 0 Å². The van der Waals surface area contributed by atoms with Crippen molar-refractivity contribution in [2.75, 3.05) is 0 Å². The fourth-order valence-electron chi connectivity index (χ4n) is 7.52. The van der Waals surface area contributed by atoms with Gasteiger partial charge in [0.25, 0.3) is 0 Å². The third-order valence-corrected chi connectivity index (χ3v) is 10.2. The first-order chi connectivity index (χ1) is 24.5. The summed E-state index contributed by atoms with van der Waals surface area (Å²) in [6.45, 7) is 14.0. The molecule has 1 aliphatic carbocycles. The predicted octanol–water partition coefficient (Wildman–Crippen LogP) is 14.4. The van der Waals surface area contributed by atoms with E-state index in [0.717, 1.165) is 82.5 Å². The number of hydrogen-bond acceptors (Lipinski definition) is 3. The molecule has 3 heterocycles. The number of hydrogen-bond donors (Lipinski definition) is 0. The van der Waals surface area contributed by atoms with Crippen LogP contribution >= 0.6 is 0 Å². The van der Waals surface area contributed by atoms with Crippen molar-refractivity contribution in [3.05, 3.63) is 151 Å². The minimum absolute atomic E-state index is 0.581. The lowest BCUT2D eigenvalue weighted by Gasteiger charge is -2.29. The Morgan fingerprint density at radius 2 is 1.30 bits per heavy atom. The molecule has 8 aromatic rings. The van der Waals surface area contributed by atoms with Gasteiger partial charge in [-0.2, -0.15) is 0 Å². The van der Waals surface area contributed by atoms with Crippen LogP contribution in [0, 0.1) is 12.8 Å². The number of allylic oxidation sites excluding steroid dienone is 8. The van der Waals surface area contributed by atoms with Crippen molar-refractivity contribution in [1.29, 1.82) is 0 Å². The van der Waals surface area contributed by atoms with E-state index < -0.39 is 0 Å². The Bertz CT molecular complexity index is 2690. The molecule has 0 radical (unpaired) electrons. The Balaban J connectivity index is 0.000000677. The number of rotatable bonds is 6. The van der Waals surface area contributed by atoms with E-state index in [-0.39, 0.29) is 0 Å². The summed E-state index contributed by atoms with van der Waals surface area (Å²) in [6.07, 6.45) is 15.8. The highest BCUT2D eigenvalue weighted by Crippen LogP contribution is 2.44. The number of furan rings is 3. The molecule has 1 aliphatic rings. The van der Waals surface area contributed by atoms with Crippen LogP contribution < -0.4 is 0 Å². The zero-order chi connectivity index (χ0) is 34.4. The number of fused-ring (bicyclic) bond motifs is 10. The van der Waals surface area contributed by atoms with Gasteiger partial charge in [-0.15, -0.1) is 0 Å². The van der Waals surface area contributed by atoms with Gasteiger partial charge in [0, 0.05) is 32.5 Å². The van der Waals surface area contributed by atoms with Gasteiger partial charge in [-0.1, -0.05) is 98.5 Å². The lowest BCUT2D eigenvalue weighted by molar-refractivity contribution is 0.375. The third-order valence-electron chi connectivity index (χ3n) is 10.2. The van der Waals surface area contributed by atoms with Gasteiger partial charge in [0.05, 0.1) is 5.39 Å². The van der Waals surface area contributed by atoms with Crippen LogP contribution in [0.25, 0.3) is 82.5 Å². The van der Waals surface area contributed by atoms with Crippen LogP contribution in [-0.2, 0) is 0 Å². The molecule has 5 aromatic carbocycles. The summed E-state index contributed by atoms with van der Waals surface area (Å²) < 4.78 is 19.2. The minimum Gasteiger partial charge on any atom is -0.456 e. The molecule has 3 heteroatoms. The van der Waals surface area contributed by atoms with Crippen LogP contribution in [0.5, 0.6) is 0 Å². The summed E-state index contributed by atoms with van der Waals surface area (Å²) in [5, 5.41) is 6.53. The maximum Gasteiger partial charge on any atom is 0.147 e. The van der Waals surface area contributed by atoms with Crippen molar-refractivity contribution in [3.8, 4) is 11.1 Å². The molecule has 0 bridgehead atoms. The number of benzene rings is 5. The fraction of sp³-hybridized carbons (Fsp3) is 0.149. The van der Waals surface area contributed by atoms with Crippen molar-refractivity contribution in [2.24, 2.45) is 5.92 Å². The molecule has 0 spiro atoms. The third kappa shape index (κ3) is 5.13. The van der Waals surface area contributed by atoms with Gasteiger partial charge in [-0.3, -0.25) is 0 Å². The molecule has 0 saturated heterocycles. The molecule has 3 aromatic heterocycles. The second-order valence-corrected chi connectivity index (χ2v) is 13.1. The maximum atomic E-state index is 6.65. The van der Waals surface area contributed by atoms with Crippen molar-refractivity contribution in [2.45, 2.75) is 40.0 Å². The molecule has 0 amide bonds. The van der Waals surface area contributed by atoms with E-state index in [1.165, 1.54) is 36.0 Å². The van der Waals surface area contributed by atoms with Crippen molar-refractivity contribution < 1.29 is 13.3 Å². The highest BCUT2D eigenvalue weighted by atomic mass is 16.3. The smallest absolute Gasteiger partial charge is 0.147 e. The van der Waals surface area contributed by atoms with Crippen molar-refractivity contribution in [3.63, 3.8) is 0 Å². The zero-order valence-corrected chi connectivity index (χ0v) is 28.9. The zero-order valence-electron chi connectivity index (χ0n) is 28.9. The second kappa shape index (κ2) is 12.9. The largest absolute Gasteiger partial charge is 0.456 e. The molecule has 1 saturated carbocycles. The van der Waals surface area contributed by atoms with E-state index in [1.54, 1.807) is 6.08 Å². The summed E-state index contributed by atoms with van der Waals surface area (Å²) in [6, 6.07) is 29.8. The molecule has 0 N–H and O–H groups in total. The van der Waals surface area contributed by atoms with Gasteiger partial charge < -0.3 is 13.3 Å². The Morgan fingerprint density at radius 3 is 1.92 bits per heavy atom. The summed E-state index contributed by atoms with van der Waals surface area (Å²) in [5.41, 5.74) is 12.5. The molecule has 0 aliphatic heterocycles. The summed E-state index contributed by atoms with van der Waals surface area (Å²) in [5.74, 6) is 0.581. The molecule has 0 atom stereocenters. The van der Waals surface area contributed by atoms with E-state index in [2.05, 4.69) is 106 Å². The van der Waals surface area contributed by atoms with Crippen LogP contribution in [0.4, 0.5) is 0 Å². The molecule has 0 unspecified atom stereocenters. The fourth-order valence-corrected chi connectivity index (χ4v) is 7.52. The predicted molar refractivity (Wildman–Crippen MR) is 213 cm³/mol. The van der Waals surface area contributed by atoms with E-state index in [4.69, 9.17) is 13.3 Å². The van der Waals surface area contributed by atoms with Crippen molar-refractivity contribution >= 4 is 71.4 Å². The first kappa shape index (κ1) is 31.5. The molecule has 3 nitrogen and oxygen atoms in total. The second-order valence-electron chi connectivity index (χ2n) is 13.1. The quantitative estimate of drug-likeness (QED) is 0.168. The van der Waals surface area contributed by atoms with Crippen LogP contribution in [0.3, 0.4) is 0 Å². The summed E-state index contributed by atoms with van der Waals surface area (Å²) in [4.78, 5) is 0. The van der Waals surface area contributed by atoms with Crippen LogP contribution in [-0.4, -0.2) is 0 Å². The van der Waals surface area contributed by atoms with E-state index in [9.17, 15) is 0 Å². The van der Waals surface area contributed by atoms with Crippen LogP contribution in [0.1, 0.15) is 44.2 Å². The van der Waals surface area contributed by atoms with Gasteiger partial charge >= 0.3 is 0 Å². The summed E-state index contributed by atoms with van der Waals surface area (Å²) in [7, 11) is 0. The van der Waals surface area contributed by atoms with Gasteiger partial charge in [0.15, 0.2) is 0 Å². The Hall–Kier alpha value is -5.80. The van der Waals surface area contributed by atoms with Gasteiger partial charge in [-0.25, -0.2) is 0 Å². The maximum absolute atomic E-state index is 6.65. The molecular weight excluding hydrogens is 613 g/mol. The van der Waals surface area contributed by atoms with Crippen LogP contribution in [0.2, 0.25) is 0 Å². The minimum atomic E-state index is 0.581. The van der Waals surface area contributed by atoms with Crippen LogP contribution in [0.15, 0.2) is 153 Å². The van der Waals surface area contributed by atoms with Gasteiger partial charge in [-0.05, 0) is 110 Å². The van der Waals surface area contributed by atoms with Gasteiger partial charge in [0.2, 0.25) is 0 Å². The first-order valence-electron chi connectivity index (χ1n) is 17.5. The van der Waals surface area contributed by atoms with Gasteiger partial charge in [0.1, 0.15) is 33.5 Å². The Kier molecular flexibility index (Phi) is 8.12. The Morgan fingerprint density at radius 1 is 0.660 bits per heavy atom. The highest BCUT2D eigenvalue weighted by molar-refractivity contribution is 6.22.